The Morgan fingerprint density at radius 2 is 1.85 bits per heavy atom. The van der Waals surface area contributed by atoms with Crippen LogP contribution in [-0.4, -0.2) is 33.8 Å². The highest BCUT2D eigenvalue weighted by Gasteiger charge is 2.30. The lowest BCUT2D eigenvalue weighted by molar-refractivity contribution is -0.384. The van der Waals surface area contributed by atoms with Crippen molar-refractivity contribution in [1.29, 1.82) is 0 Å². The van der Waals surface area contributed by atoms with Crippen molar-refractivity contribution < 1.29 is 13.3 Å². The lowest BCUT2D eigenvalue weighted by atomic mass is 10.1. The highest BCUT2D eigenvalue weighted by molar-refractivity contribution is 7.89. The smallest absolute Gasteiger partial charge is 0.302 e. The fraction of sp³-hybridized carbons (Fsp3) is 0.333. The molecule has 0 aliphatic heterocycles. The lowest BCUT2D eigenvalue weighted by Crippen LogP contribution is -2.42. The van der Waals surface area contributed by atoms with Crippen LogP contribution in [0.15, 0.2) is 44.9 Å². The summed E-state index contributed by atoms with van der Waals surface area (Å²) in [5.41, 5.74) is -1.36. The zero-order chi connectivity index (χ0) is 19.8. The van der Waals surface area contributed by atoms with Crippen molar-refractivity contribution in [3.63, 3.8) is 0 Å². The fourth-order valence-electron chi connectivity index (χ4n) is 2.42. The number of nitro groups is 1. The van der Waals surface area contributed by atoms with Gasteiger partial charge >= 0.3 is 5.69 Å². The molecule has 0 bridgehead atoms. The van der Waals surface area contributed by atoms with Gasteiger partial charge in [0.05, 0.1) is 4.92 Å². The Hall–Kier alpha value is -2.79. The van der Waals surface area contributed by atoms with Gasteiger partial charge in [-0.25, -0.2) is 13.2 Å². The van der Waals surface area contributed by atoms with Crippen molar-refractivity contribution in [1.82, 2.24) is 13.4 Å². The summed E-state index contributed by atoms with van der Waals surface area (Å²) in [6.07, 6.45) is 0.969. The van der Waals surface area contributed by atoms with Gasteiger partial charge in [-0.3, -0.25) is 19.5 Å². The Bertz CT molecular complexity index is 1090. The van der Waals surface area contributed by atoms with E-state index in [1.165, 1.54) is 39.3 Å². The van der Waals surface area contributed by atoms with Crippen LogP contribution in [0.1, 0.15) is 18.5 Å². The SMILES string of the molecule is CC(c1cccc([N+](=O)[O-])c1)N(C)S(=O)(=O)c1cn(C)c(=O)n(C)c1=O. The Morgan fingerprint density at radius 3 is 2.42 bits per heavy atom. The molecule has 1 unspecified atom stereocenters. The quantitative estimate of drug-likeness (QED) is 0.544. The van der Waals surface area contributed by atoms with E-state index >= 15 is 0 Å². The van der Waals surface area contributed by atoms with Crippen LogP contribution in [0.5, 0.6) is 0 Å². The Kier molecular flexibility index (Phi) is 5.14. The first kappa shape index (κ1) is 19.5. The Morgan fingerprint density at radius 1 is 1.23 bits per heavy atom. The summed E-state index contributed by atoms with van der Waals surface area (Å²) in [5.74, 6) is 0. The number of nitrogens with zero attached hydrogens (tertiary/aromatic N) is 4. The topological polar surface area (TPSA) is 125 Å². The Balaban J connectivity index is 2.53. The van der Waals surface area contributed by atoms with Crippen LogP contribution in [0.25, 0.3) is 0 Å². The molecular weight excluding hydrogens is 364 g/mol. The molecule has 26 heavy (non-hydrogen) atoms. The van der Waals surface area contributed by atoms with Crippen molar-refractivity contribution in [2.75, 3.05) is 7.05 Å². The molecule has 11 heteroatoms. The van der Waals surface area contributed by atoms with Gasteiger partial charge in [-0.2, -0.15) is 4.31 Å². The zero-order valence-corrected chi connectivity index (χ0v) is 15.4. The van der Waals surface area contributed by atoms with Crippen LogP contribution in [0.4, 0.5) is 5.69 Å². The standard InChI is InChI=1S/C15H18N4O6S/c1-10(11-6-5-7-12(8-11)19(22)23)18(4)26(24,25)13-9-16(2)15(21)17(3)14(13)20/h5-10H,1-4H3. The first-order valence-corrected chi connectivity index (χ1v) is 8.91. The number of hydrogen-bond donors (Lipinski definition) is 0. The molecule has 2 aromatic rings. The highest BCUT2D eigenvalue weighted by atomic mass is 32.2. The van der Waals surface area contributed by atoms with E-state index in [0.717, 1.165) is 15.1 Å². The van der Waals surface area contributed by atoms with Gasteiger partial charge in [-0.1, -0.05) is 12.1 Å². The summed E-state index contributed by atoms with van der Waals surface area (Å²) in [6, 6.07) is 4.81. The fourth-order valence-corrected chi connectivity index (χ4v) is 3.92. The summed E-state index contributed by atoms with van der Waals surface area (Å²) in [4.78, 5) is 33.8. The molecule has 0 radical (unpaired) electrons. The average Bonchev–Trinajstić information content (AvgIpc) is 2.61. The second-order valence-corrected chi connectivity index (χ2v) is 7.77. The molecular formula is C15H18N4O6S. The van der Waals surface area contributed by atoms with Crippen LogP contribution in [0.3, 0.4) is 0 Å². The molecule has 1 aromatic heterocycles. The van der Waals surface area contributed by atoms with Gasteiger partial charge in [0.1, 0.15) is 0 Å². The Labute approximate surface area is 149 Å². The van der Waals surface area contributed by atoms with Crippen LogP contribution >= 0.6 is 0 Å². The molecule has 0 aliphatic carbocycles. The van der Waals surface area contributed by atoms with Gasteiger partial charge in [0.25, 0.3) is 11.2 Å². The van der Waals surface area contributed by atoms with E-state index < -0.39 is 37.1 Å². The molecule has 1 heterocycles. The molecule has 0 fully saturated rings. The summed E-state index contributed by atoms with van der Waals surface area (Å²) in [6.45, 7) is 1.54. The molecule has 140 valence electrons. The number of aryl methyl sites for hydroxylation is 1. The summed E-state index contributed by atoms with van der Waals surface area (Å²) >= 11 is 0. The molecule has 1 aromatic carbocycles. The molecule has 1 atom stereocenters. The maximum atomic E-state index is 12.9. The van der Waals surface area contributed by atoms with Gasteiger partial charge in [-0.05, 0) is 12.5 Å². The molecule has 0 N–H and O–H groups in total. The van der Waals surface area contributed by atoms with Crippen LogP contribution in [-0.2, 0) is 24.1 Å². The number of nitro benzene ring substituents is 1. The van der Waals surface area contributed by atoms with Crippen molar-refractivity contribution in [2.45, 2.75) is 17.9 Å². The number of non-ortho nitro benzene ring substituents is 1. The predicted molar refractivity (Wildman–Crippen MR) is 93.4 cm³/mol. The van der Waals surface area contributed by atoms with E-state index in [2.05, 4.69) is 0 Å². The maximum absolute atomic E-state index is 12.9. The van der Waals surface area contributed by atoms with Gasteiger partial charge in [0.2, 0.25) is 10.0 Å². The van der Waals surface area contributed by atoms with Crippen molar-refractivity contribution >= 4 is 15.7 Å². The molecule has 0 saturated heterocycles. The van der Waals surface area contributed by atoms with E-state index in [4.69, 9.17) is 0 Å². The first-order chi connectivity index (χ1) is 12.0. The number of rotatable bonds is 5. The van der Waals surface area contributed by atoms with E-state index in [0.29, 0.717) is 10.1 Å². The number of hydrogen-bond acceptors (Lipinski definition) is 6. The minimum Gasteiger partial charge on any atom is -0.302 e. The molecule has 10 nitrogen and oxygen atoms in total. The third kappa shape index (κ3) is 3.30. The predicted octanol–water partition coefficient (Wildman–Crippen LogP) is 0.374. The van der Waals surface area contributed by atoms with Gasteiger partial charge < -0.3 is 4.57 Å². The summed E-state index contributed by atoms with van der Waals surface area (Å²) in [7, 11) is -0.448. The summed E-state index contributed by atoms with van der Waals surface area (Å²) < 4.78 is 28.4. The minimum atomic E-state index is -4.24. The van der Waals surface area contributed by atoms with Crippen molar-refractivity contribution in [2.24, 2.45) is 14.1 Å². The maximum Gasteiger partial charge on any atom is 0.330 e. The van der Waals surface area contributed by atoms with Crippen molar-refractivity contribution in [3.05, 3.63) is 67.0 Å². The highest BCUT2D eigenvalue weighted by Crippen LogP contribution is 2.26. The van der Waals surface area contributed by atoms with E-state index in [1.54, 1.807) is 13.0 Å². The van der Waals surface area contributed by atoms with Gasteiger partial charge in [-0.15, -0.1) is 0 Å². The zero-order valence-electron chi connectivity index (χ0n) is 14.6. The third-order valence-electron chi connectivity index (χ3n) is 4.18. The second kappa shape index (κ2) is 6.84. The van der Waals surface area contributed by atoms with Crippen LogP contribution < -0.4 is 11.2 Å². The molecule has 0 saturated carbocycles. The molecule has 0 amide bonds. The van der Waals surface area contributed by atoms with Gasteiger partial charge in [0.15, 0.2) is 4.90 Å². The lowest BCUT2D eigenvalue weighted by Gasteiger charge is -2.24. The number of aromatic nitrogens is 2. The molecule has 2 rings (SSSR count). The van der Waals surface area contributed by atoms with Crippen molar-refractivity contribution in [3.8, 4) is 0 Å². The van der Waals surface area contributed by atoms with Crippen LogP contribution in [0, 0.1) is 10.1 Å². The molecule has 0 spiro atoms. The summed E-state index contributed by atoms with van der Waals surface area (Å²) in [5, 5.41) is 10.9. The second-order valence-electron chi connectivity index (χ2n) is 5.80. The minimum absolute atomic E-state index is 0.168. The molecule has 0 aliphatic rings. The third-order valence-corrected chi connectivity index (χ3v) is 6.09. The van der Waals surface area contributed by atoms with E-state index in [-0.39, 0.29) is 5.69 Å². The first-order valence-electron chi connectivity index (χ1n) is 7.47. The van der Waals surface area contributed by atoms with E-state index in [9.17, 15) is 28.1 Å². The average molecular weight is 382 g/mol. The number of benzene rings is 1. The van der Waals surface area contributed by atoms with E-state index in [1.807, 2.05) is 0 Å². The largest absolute Gasteiger partial charge is 0.330 e. The monoisotopic (exact) mass is 382 g/mol. The van der Waals surface area contributed by atoms with Gasteiger partial charge in [0, 0.05) is 45.5 Å². The van der Waals surface area contributed by atoms with Crippen LogP contribution in [0.2, 0.25) is 0 Å². The number of sulfonamides is 1. The normalized spacial score (nSPS) is 13.0.